The first-order valence-corrected chi connectivity index (χ1v) is 10.1. The van der Waals surface area contributed by atoms with E-state index >= 15 is 0 Å². The average molecular weight is 399 g/mol. The molecule has 3 heterocycles. The number of ether oxygens (including phenoxy) is 1. The Kier molecular flexibility index (Phi) is 4.95. The van der Waals surface area contributed by atoms with Crippen LogP contribution in [0.4, 0.5) is 10.8 Å². The topological polar surface area (TPSA) is 77.2 Å². The maximum atomic E-state index is 5.35. The molecule has 0 fully saturated rings. The molecular weight excluding hydrogens is 380 g/mol. The molecule has 0 aliphatic carbocycles. The minimum absolute atomic E-state index is 0.713. The third kappa shape index (κ3) is 3.88. The summed E-state index contributed by atoms with van der Waals surface area (Å²) < 4.78 is 8.24. The predicted octanol–water partition coefficient (Wildman–Crippen LogP) is 4.24. The van der Waals surface area contributed by atoms with Crippen LogP contribution >= 0.6 is 23.1 Å². The second-order valence-corrected chi connectivity index (χ2v) is 8.13. The molecule has 0 amide bonds. The number of imidazole rings is 1. The summed E-state index contributed by atoms with van der Waals surface area (Å²) in [6.07, 6.45) is 2.03. The van der Waals surface area contributed by atoms with Crippen molar-refractivity contribution >= 4 is 39.7 Å². The van der Waals surface area contributed by atoms with Gasteiger partial charge in [-0.15, -0.1) is 10.2 Å². The summed E-state index contributed by atoms with van der Waals surface area (Å²) in [5.74, 6) is 2.22. The van der Waals surface area contributed by atoms with Crippen molar-refractivity contribution in [2.24, 2.45) is 0 Å². The monoisotopic (exact) mass is 398 g/mol. The Morgan fingerprint density at radius 3 is 2.89 bits per heavy atom. The Balaban J connectivity index is 1.45. The number of aryl methyl sites for hydroxylation is 2. The molecule has 0 spiro atoms. The van der Waals surface area contributed by atoms with Gasteiger partial charge in [0.25, 0.3) is 0 Å². The highest BCUT2D eigenvalue weighted by Gasteiger charge is 2.10. The second-order valence-electron chi connectivity index (χ2n) is 5.93. The molecule has 0 saturated heterocycles. The van der Waals surface area contributed by atoms with E-state index in [9.17, 15) is 0 Å². The van der Waals surface area contributed by atoms with E-state index in [4.69, 9.17) is 4.74 Å². The normalized spacial score (nSPS) is 11.1. The maximum absolute atomic E-state index is 5.35. The highest BCUT2D eigenvalue weighted by molar-refractivity contribution is 8.00. The van der Waals surface area contributed by atoms with Crippen molar-refractivity contribution in [3.8, 4) is 5.75 Å². The molecular formula is C18H18N6OS2. The van der Waals surface area contributed by atoms with Gasteiger partial charge < -0.3 is 10.1 Å². The quantitative estimate of drug-likeness (QED) is 0.487. The summed E-state index contributed by atoms with van der Waals surface area (Å²) >= 11 is 3.11. The zero-order valence-corrected chi connectivity index (χ0v) is 16.8. The summed E-state index contributed by atoms with van der Waals surface area (Å²) in [4.78, 5) is 9.08. The molecule has 0 atom stereocenters. The van der Waals surface area contributed by atoms with Gasteiger partial charge in [0.2, 0.25) is 10.9 Å². The first-order chi connectivity index (χ1) is 13.1. The number of para-hydroxylation sites is 2. The Morgan fingerprint density at radius 2 is 2.04 bits per heavy atom. The Bertz CT molecular complexity index is 1090. The smallest absolute Gasteiger partial charge is 0.234 e. The molecule has 0 bridgehead atoms. The summed E-state index contributed by atoms with van der Waals surface area (Å²) in [7, 11) is 1.65. The standard InChI is InChI=1S/C18H18N6OS2/c1-11-8-12(2)24-9-13(20-16(24)19-11)10-26-18-23-22-17(27-18)21-14-6-4-5-7-15(14)25-3/h4-9H,10H2,1-3H3,(H,21,22). The highest BCUT2D eigenvalue weighted by atomic mass is 32.2. The number of anilines is 2. The van der Waals surface area contributed by atoms with Gasteiger partial charge in [-0.3, -0.25) is 4.40 Å². The fraction of sp³-hybridized carbons (Fsp3) is 0.222. The molecule has 138 valence electrons. The fourth-order valence-corrected chi connectivity index (χ4v) is 4.35. The van der Waals surface area contributed by atoms with E-state index in [0.29, 0.717) is 5.75 Å². The third-order valence-corrected chi connectivity index (χ3v) is 5.92. The highest BCUT2D eigenvalue weighted by Crippen LogP contribution is 2.32. The molecule has 0 saturated carbocycles. The predicted molar refractivity (Wildman–Crippen MR) is 108 cm³/mol. The number of thioether (sulfide) groups is 1. The molecule has 0 unspecified atom stereocenters. The zero-order valence-electron chi connectivity index (χ0n) is 15.1. The second kappa shape index (κ2) is 7.53. The lowest BCUT2D eigenvalue weighted by atomic mass is 10.3. The van der Waals surface area contributed by atoms with E-state index < -0.39 is 0 Å². The lowest BCUT2D eigenvalue weighted by Crippen LogP contribution is -1.94. The number of methoxy groups -OCH3 is 1. The first kappa shape index (κ1) is 17.7. The van der Waals surface area contributed by atoms with Crippen molar-refractivity contribution < 1.29 is 4.74 Å². The van der Waals surface area contributed by atoms with Gasteiger partial charge in [0.05, 0.1) is 18.5 Å². The summed E-state index contributed by atoms with van der Waals surface area (Å²) in [5.41, 5.74) is 3.93. The molecule has 1 N–H and O–H groups in total. The van der Waals surface area contributed by atoms with Gasteiger partial charge in [0, 0.05) is 23.3 Å². The summed E-state index contributed by atoms with van der Waals surface area (Å²) in [6.45, 7) is 4.04. The van der Waals surface area contributed by atoms with Crippen molar-refractivity contribution in [1.29, 1.82) is 0 Å². The number of fused-ring (bicyclic) bond motifs is 1. The lowest BCUT2D eigenvalue weighted by Gasteiger charge is -2.07. The van der Waals surface area contributed by atoms with Crippen molar-refractivity contribution in [2.75, 3.05) is 12.4 Å². The van der Waals surface area contributed by atoms with E-state index in [-0.39, 0.29) is 0 Å². The van der Waals surface area contributed by atoms with E-state index in [0.717, 1.165) is 43.8 Å². The van der Waals surface area contributed by atoms with Crippen molar-refractivity contribution in [3.63, 3.8) is 0 Å². The van der Waals surface area contributed by atoms with Crippen molar-refractivity contribution in [2.45, 2.75) is 23.9 Å². The van der Waals surface area contributed by atoms with Gasteiger partial charge in [0.15, 0.2) is 4.34 Å². The molecule has 27 heavy (non-hydrogen) atoms. The number of hydrogen-bond donors (Lipinski definition) is 1. The summed E-state index contributed by atoms with van der Waals surface area (Å²) in [6, 6.07) is 9.77. The molecule has 4 rings (SSSR count). The van der Waals surface area contributed by atoms with Crippen LogP contribution in [0.15, 0.2) is 40.9 Å². The van der Waals surface area contributed by atoms with Gasteiger partial charge in [-0.05, 0) is 32.0 Å². The fourth-order valence-electron chi connectivity index (χ4n) is 2.71. The molecule has 0 aliphatic heterocycles. The van der Waals surface area contributed by atoms with Gasteiger partial charge in [0.1, 0.15) is 5.75 Å². The Morgan fingerprint density at radius 1 is 1.19 bits per heavy atom. The maximum Gasteiger partial charge on any atom is 0.234 e. The van der Waals surface area contributed by atoms with Gasteiger partial charge in [-0.2, -0.15) is 0 Å². The van der Waals surface area contributed by atoms with Crippen LogP contribution in [0.5, 0.6) is 5.75 Å². The van der Waals surface area contributed by atoms with Crippen LogP contribution in [0.1, 0.15) is 17.1 Å². The van der Waals surface area contributed by atoms with Crippen LogP contribution in [0.25, 0.3) is 5.78 Å². The molecule has 1 aromatic carbocycles. The number of nitrogens with one attached hydrogen (secondary N) is 1. The molecule has 4 aromatic rings. The number of hydrogen-bond acceptors (Lipinski definition) is 8. The van der Waals surface area contributed by atoms with Gasteiger partial charge in [-0.1, -0.05) is 35.2 Å². The van der Waals surface area contributed by atoms with Crippen LogP contribution in [0, 0.1) is 13.8 Å². The largest absolute Gasteiger partial charge is 0.495 e. The molecule has 0 radical (unpaired) electrons. The van der Waals surface area contributed by atoms with E-state index in [1.54, 1.807) is 18.9 Å². The van der Waals surface area contributed by atoms with Crippen LogP contribution in [0.2, 0.25) is 0 Å². The van der Waals surface area contributed by atoms with Gasteiger partial charge in [-0.25, -0.2) is 9.97 Å². The van der Waals surface area contributed by atoms with E-state index in [1.807, 2.05) is 47.9 Å². The minimum atomic E-state index is 0.713. The molecule has 9 heteroatoms. The average Bonchev–Trinajstić information content (AvgIpc) is 3.27. The number of benzene rings is 1. The molecule has 3 aromatic heterocycles. The molecule has 0 aliphatic rings. The van der Waals surface area contributed by atoms with Crippen LogP contribution < -0.4 is 10.1 Å². The van der Waals surface area contributed by atoms with E-state index in [1.165, 1.54) is 11.3 Å². The summed E-state index contributed by atoms with van der Waals surface area (Å²) in [5, 5.41) is 12.4. The zero-order chi connectivity index (χ0) is 18.8. The molecule has 7 nitrogen and oxygen atoms in total. The van der Waals surface area contributed by atoms with E-state index in [2.05, 4.69) is 32.4 Å². The Hall–Kier alpha value is -2.65. The number of aromatic nitrogens is 5. The van der Waals surface area contributed by atoms with Crippen LogP contribution in [-0.2, 0) is 5.75 Å². The number of rotatable bonds is 6. The first-order valence-electron chi connectivity index (χ1n) is 8.31. The SMILES string of the molecule is COc1ccccc1Nc1nnc(SCc2cn3c(C)cc(C)nc3n2)s1. The van der Waals surface area contributed by atoms with Gasteiger partial charge >= 0.3 is 0 Å². The third-order valence-electron chi connectivity index (χ3n) is 3.91. The van der Waals surface area contributed by atoms with Crippen molar-refractivity contribution in [1.82, 2.24) is 24.6 Å². The van der Waals surface area contributed by atoms with Crippen molar-refractivity contribution in [3.05, 3.63) is 53.6 Å². The number of nitrogens with zero attached hydrogens (tertiary/aromatic N) is 5. The van der Waals surface area contributed by atoms with Crippen LogP contribution in [0.3, 0.4) is 0 Å². The minimum Gasteiger partial charge on any atom is -0.495 e. The Labute approximate surface area is 164 Å². The lowest BCUT2D eigenvalue weighted by molar-refractivity contribution is 0.417. The van der Waals surface area contributed by atoms with Crippen LogP contribution in [-0.4, -0.2) is 31.7 Å².